The van der Waals surface area contributed by atoms with Crippen molar-refractivity contribution in [3.05, 3.63) is 34.9 Å². The minimum atomic E-state index is -0.610. The van der Waals surface area contributed by atoms with Gasteiger partial charge in [0, 0.05) is 10.5 Å². The van der Waals surface area contributed by atoms with E-state index in [2.05, 4.69) is 57.7 Å². The predicted molar refractivity (Wildman–Crippen MR) is 96.8 cm³/mol. The molecule has 1 nitrogen and oxygen atoms in total. The Kier molecular flexibility index (Phi) is 4.62. The monoisotopic (exact) mass is 318 g/mol. The molecule has 1 aromatic carbocycles. The number of fused-ring (bicyclic) bond motifs is 2. The van der Waals surface area contributed by atoms with Crippen LogP contribution in [0.3, 0.4) is 0 Å². The first kappa shape index (κ1) is 16.4. The molecule has 2 fully saturated rings. The second-order valence-electron chi connectivity index (χ2n) is 7.87. The molecule has 2 heteroatoms. The van der Waals surface area contributed by atoms with Crippen LogP contribution < -0.4 is 0 Å². The van der Waals surface area contributed by atoms with Gasteiger partial charge in [-0.2, -0.15) is 11.8 Å². The van der Waals surface area contributed by atoms with Crippen LogP contribution in [0.2, 0.25) is 0 Å². The van der Waals surface area contributed by atoms with E-state index in [1.807, 2.05) is 0 Å². The van der Waals surface area contributed by atoms with Crippen molar-refractivity contribution < 1.29 is 5.11 Å². The molecule has 2 unspecified atom stereocenters. The molecule has 2 atom stereocenters. The van der Waals surface area contributed by atoms with E-state index in [9.17, 15) is 5.11 Å². The fourth-order valence-electron chi connectivity index (χ4n) is 4.41. The number of thioether (sulfide) groups is 1. The van der Waals surface area contributed by atoms with Crippen molar-refractivity contribution in [2.45, 2.75) is 87.7 Å². The second-order valence-corrected chi connectivity index (χ2v) is 9.48. The van der Waals surface area contributed by atoms with Crippen LogP contribution in [0.15, 0.2) is 18.2 Å². The smallest absolute Gasteiger partial charge is 0.0923 e. The molecule has 22 heavy (non-hydrogen) atoms. The van der Waals surface area contributed by atoms with Gasteiger partial charge < -0.3 is 5.11 Å². The molecule has 0 aliphatic carbocycles. The van der Waals surface area contributed by atoms with E-state index >= 15 is 0 Å². The third-order valence-electron chi connectivity index (χ3n) is 5.41. The minimum Gasteiger partial charge on any atom is -0.385 e. The van der Waals surface area contributed by atoms with Crippen molar-refractivity contribution in [2.24, 2.45) is 0 Å². The molecule has 1 N–H and O–H groups in total. The molecule has 0 saturated carbocycles. The summed E-state index contributed by atoms with van der Waals surface area (Å²) >= 11 is 2.14. The molecule has 2 heterocycles. The predicted octanol–water partition coefficient (Wildman–Crippen LogP) is 5.57. The number of benzene rings is 1. The lowest BCUT2D eigenvalue weighted by atomic mass is 9.73. The number of hydrogen-bond acceptors (Lipinski definition) is 2. The van der Waals surface area contributed by atoms with E-state index in [-0.39, 0.29) is 0 Å². The van der Waals surface area contributed by atoms with Gasteiger partial charge in [0.15, 0.2) is 0 Å². The topological polar surface area (TPSA) is 20.2 Å². The first-order valence-electron chi connectivity index (χ1n) is 8.92. The van der Waals surface area contributed by atoms with Crippen molar-refractivity contribution in [1.82, 2.24) is 0 Å². The Bertz CT molecular complexity index is 496. The van der Waals surface area contributed by atoms with Gasteiger partial charge in [-0.3, -0.25) is 0 Å². The standard InChI is InChI=1S/C20H30OS/c1-13(2)17-9-6-10-18(14(3)4)19(17)20(21)11-15-7-5-8-16(12-20)22-15/h6,9-10,13-16,21H,5,7-8,11-12H2,1-4H3. The van der Waals surface area contributed by atoms with Crippen LogP contribution in [0.25, 0.3) is 0 Å². The van der Waals surface area contributed by atoms with E-state index in [1.54, 1.807) is 0 Å². The fourth-order valence-corrected chi connectivity index (χ4v) is 6.30. The van der Waals surface area contributed by atoms with E-state index < -0.39 is 5.60 Å². The molecule has 0 radical (unpaired) electrons. The molecule has 2 aliphatic heterocycles. The van der Waals surface area contributed by atoms with Crippen molar-refractivity contribution in [3.8, 4) is 0 Å². The first-order valence-corrected chi connectivity index (χ1v) is 9.86. The van der Waals surface area contributed by atoms with Gasteiger partial charge in [0.1, 0.15) is 0 Å². The summed E-state index contributed by atoms with van der Waals surface area (Å²) < 4.78 is 0. The third kappa shape index (κ3) is 2.97. The molecule has 2 bridgehead atoms. The van der Waals surface area contributed by atoms with Gasteiger partial charge >= 0.3 is 0 Å². The van der Waals surface area contributed by atoms with Gasteiger partial charge in [-0.1, -0.05) is 52.3 Å². The Morgan fingerprint density at radius 2 is 1.50 bits per heavy atom. The van der Waals surface area contributed by atoms with Crippen LogP contribution in [-0.4, -0.2) is 15.6 Å². The van der Waals surface area contributed by atoms with Gasteiger partial charge in [-0.15, -0.1) is 0 Å². The summed E-state index contributed by atoms with van der Waals surface area (Å²) in [4.78, 5) is 0. The molecule has 122 valence electrons. The molecule has 0 amide bonds. The Labute approximate surface area is 139 Å². The maximum absolute atomic E-state index is 11.7. The first-order chi connectivity index (χ1) is 10.4. The lowest BCUT2D eigenvalue weighted by Gasteiger charge is -2.46. The fraction of sp³-hybridized carbons (Fsp3) is 0.700. The average Bonchev–Trinajstić information content (AvgIpc) is 2.45. The summed E-state index contributed by atoms with van der Waals surface area (Å²) in [6.07, 6.45) is 5.80. The molecule has 0 aromatic heterocycles. The third-order valence-corrected chi connectivity index (χ3v) is 6.98. The summed E-state index contributed by atoms with van der Waals surface area (Å²) in [7, 11) is 0. The molecule has 1 aromatic rings. The van der Waals surface area contributed by atoms with E-state index in [0.717, 1.165) is 12.8 Å². The van der Waals surface area contributed by atoms with Gasteiger partial charge in [0.2, 0.25) is 0 Å². The number of rotatable bonds is 3. The molecule has 0 spiro atoms. The van der Waals surface area contributed by atoms with Crippen LogP contribution >= 0.6 is 11.8 Å². The van der Waals surface area contributed by atoms with Gasteiger partial charge in [-0.25, -0.2) is 0 Å². The highest BCUT2D eigenvalue weighted by Crippen LogP contribution is 2.52. The summed E-state index contributed by atoms with van der Waals surface area (Å²) in [5.74, 6) is 0.930. The Morgan fingerprint density at radius 3 is 1.95 bits per heavy atom. The van der Waals surface area contributed by atoms with Crippen LogP contribution in [0.1, 0.15) is 88.3 Å². The number of hydrogen-bond donors (Lipinski definition) is 1. The molecular weight excluding hydrogens is 288 g/mol. The highest BCUT2D eigenvalue weighted by Gasteiger charge is 2.44. The van der Waals surface area contributed by atoms with Crippen LogP contribution in [-0.2, 0) is 5.60 Å². The van der Waals surface area contributed by atoms with Crippen LogP contribution in [0.4, 0.5) is 0 Å². The van der Waals surface area contributed by atoms with Gasteiger partial charge in [0.05, 0.1) is 5.60 Å². The summed E-state index contributed by atoms with van der Waals surface area (Å²) in [5, 5.41) is 13.0. The molecule has 3 rings (SSSR count). The maximum atomic E-state index is 11.7. The summed E-state index contributed by atoms with van der Waals surface area (Å²) in [6.45, 7) is 9.02. The van der Waals surface area contributed by atoms with Crippen molar-refractivity contribution in [2.75, 3.05) is 0 Å². The Hall–Kier alpha value is -0.470. The SMILES string of the molecule is CC(C)c1cccc(C(C)C)c1C1(O)CC2CCCC(C1)S2. The molecule has 2 saturated heterocycles. The van der Waals surface area contributed by atoms with Crippen molar-refractivity contribution in [1.29, 1.82) is 0 Å². The average molecular weight is 319 g/mol. The van der Waals surface area contributed by atoms with E-state index in [0.29, 0.717) is 22.3 Å². The van der Waals surface area contributed by atoms with Crippen molar-refractivity contribution >= 4 is 11.8 Å². The Balaban J connectivity index is 2.09. The van der Waals surface area contributed by atoms with Crippen LogP contribution in [0.5, 0.6) is 0 Å². The van der Waals surface area contributed by atoms with Crippen molar-refractivity contribution in [3.63, 3.8) is 0 Å². The number of aliphatic hydroxyl groups is 1. The highest BCUT2D eigenvalue weighted by atomic mass is 32.2. The zero-order valence-electron chi connectivity index (χ0n) is 14.4. The quantitative estimate of drug-likeness (QED) is 0.786. The van der Waals surface area contributed by atoms with Gasteiger partial charge in [-0.05, 0) is 54.2 Å². The maximum Gasteiger partial charge on any atom is 0.0923 e. The zero-order valence-corrected chi connectivity index (χ0v) is 15.2. The van der Waals surface area contributed by atoms with Crippen LogP contribution in [0, 0.1) is 0 Å². The van der Waals surface area contributed by atoms with E-state index in [4.69, 9.17) is 0 Å². The lowest BCUT2D eigenvalue weighted by molar-refractivity contribution is 0.00610. The minimum absolute atomic E-state index is 0.465. The largest absolute Gasteiger partial charge is 0.385 e. The highest BCUT2D eigenvalue weighted by molar-refractivity contribution is 8.00. The normalized spacial score (nSPS) is 31.8. The van der Waals surface area contributed by atoms with Gasteiger partial charge in [0.25, 0.3) is 0 Å². The zero-order chi connectivity index (χ0) is 15.9. The summed E-state index contributed by atoms with van der Waals surface area (Å²) in [5.41, 5.74) is 3.39. The summed E-state index contributed by atoms with van der Waals surface area (Å²) in [6, 6.07) is 6.65. The Morgan fingerprint density at radius 1 is 1.00 bits per heavy atom. The molecular formula is C20H30OS. The lowest BCUT2D eigenvalue weighted by Crippen LogP contribution is -2.42. The van der Waals surface area contributed by atoms with E-state index in [1.165, 1.54) is 36.0 Å². The molecule has 2 aliphatic rings. The second kappa shape index (κ2) is 6.20.